The summed E-state index contributed by atoms with van der Waals surface area (Å²) in [5.41, 5.74) is 24.4. The second-order valence-electron chi connectivity index (χ2n) is 20.6. The first kappa shape index (κ1) is 64.8. The molecule has 1 fully saturated rings. The minimum atomic E-state index is -1.26. The maximum Gasteiger partial charge on any atom is 0.243 e. The van der Waals surface area contributed by atoms with Gasteiger partial charge in [0, 0.05) is 37.6 Å². The number of Topliss-reactive ketones (excluding diaryl/α,β-unsaturated/α-hetero) is 2. The maximum atomic E-state index is 14.4. The largest absolute Gasteiger partial charge is 0.393 e. The minimum Gasteiger partial charge on any atom is -0.393 e. The van der Waals surface area contributed by atoms with E-state index < -0.39 is 114 Å². The highest BCUT2D eigenvalue weighted by Crippen LogP contribution is 2.21. The summed E-state index contributed by atoms with van der Waals surface area (Å²) < 4.78 is 0. The van der Waals surface area contributed by atoms with Gasteiger partial charge in [0.2, 0.25) is 41.4 Å². The maximum absolute atomic E-state index is 14.4. The Morgan fingerprint density at radius 2 is 1.15 bits per heavy atom. The summed E-state index contributed by atoms with van der Waals surface area (Å²) in [6.07, 6.45) is 3.44. The van der Waals surface area contributed by atoms with Crippen LogP contribution in [-0.4, -0.2) is 133 Å². The highest BCUT2D eigenvalue weighted by atomic mass is 16.3. The van der Waals surface area contributed by atoms with Crippen molar-refractivity contribution in [1.29, 1.82) is 0 Å². The summed E-state index contributed by atoms with van der Waals surface area (Å²) >= 11 is 0. The van der Waals surface area contributed by atoms with Crippen LogP contribution in [0.5, 0.6) is 0 Å². The van der Waals surface area contributed by atoms with E-state index in [1.54, 1.807) is 30.3 Å². The van der Waals surface area contributed by atoms with E-state index in [0.29, 0.717) is 12.0 Å². The lowest BCUT2D eigenvalue weighted by Gasteiger charge is -2.27. The molecule has 0 aromatic heterocycles. The first-order valence-corrected chi connectivity index (χ1v) is 26.9. The summed E-state index contributed by atoms with van der Waals surface area (Å²) in [7, 11) is 0. The van der Waals surface area contributed by atoms with Crippen LogP contribution in [-0.2, 0) is 49.6 Å². The first-order valence-electron chi connectivity index (χ1n) is 26.9. The molecule has 16 N–H and O–H groups in total. The molecule has 0 saturated carbocycles. The van der Waals surface area contributed by atoms with Gasteiger partial charge in [-0.2, -0.15) is 0 Å². The van der Waals surface area contributed by atoms with E-state index in [1.807, 2.05) is 27.7 Å². The lowest BCUT2D eigenvalue weighted by atomic mass is 9.88. The SMILES string of the molecule is CCCCCCC[C@@H](O)CC(=O)N[C@H](CCN)C(=O)C[C@H]1CCNC(=O)[C@H](CC(C)C)NC(=O)[C@H](CCN)NC(=O)[C@H](CCN)NC(=O)[C@@H](Cc2ccccc2)NC(=O)[C@H](CC(C)C)CC(=O)[C@H](CCN)NC1=O. The highest BCUT2D eigenvalue weighted by molar-refractivity contribution is 5.98. The van der Waals surface area contributed by atoms with Gasteiger partial charge in [0.25, 0.3) is 0 Å². The molecule has 21 nitrogen and oxygen atoms in total. The number of hydrogen-bond donors (Lipinski definition) is 12. The van der Waals surface area contributed by atoms with E-state index in [4.69, 9.17) is 22.9 Å². The topological polar surface area (TPSA) is 362 Å². The molecule has 1 aliphatic rings. The molecule has 0 spiro atoms. The molecular formula is C53H91N11O10. The average Bonchev–Trinajstić information content (AvgIpc) is 3.34. The number of unbranched alkanes of at least 4 members (excludes halogenated alkanes) is 4. The van der Waals surface area contributed by atoms with Crippen molar-refractivity contribution < 1.29 is 48.3 Å². The van der Waals surface area contributed by atoms with Gasteiger partial charge >= 0.3 is 0 Å². The molecule has 1 heterocycles. The number of nitrogens with one attached hydrogen (secondary N) is 7. The molecule has 74 heavy (non-hydrogen) atoms. The Hall–Kier alpha value is -5.35. The van der Waals surface area contributed by atoms with Crippen LogP contribution in [0.2, 0.25) is 0 Å². The Kier molecular flexibility index (Phi) is 31.3. The van der Waals surface area contributed by atoms with Crippen LogP contribution in [0.15, 0.2) is 30.3 Å². The molecule has 0 radical (unpaired) electrons. The van der Waals surface area contributed by atoms with Crippen molar-refractivity contribution in [2.75, 3.05) is 32.7 Å². The fourth-order valence-corrected chi connectivity index (χ4v) is 8.98. The zero-order valence-corrected chi connectivity index (χ0v) is 44.7. The Balaban J connectivity index is 2.67. The predicted molar refractivity (Wildman–Crippen MR) is 283 cm³/mol. The zero-order chi connectivity index (χ0) is 55.2. The number of hydrogen-bond acceptors (Lipinski definition) is 14. The Labute approximate surface area is 438 Å². The van der Waals surface area contributed by atoms with E-state index in [1.165, 1.54) is 0 Å². The van der Waals surface area contributed by atoms with E-state index in [2.05, 4.69) is 44.1 Å². The van der Waals surface area contributed by atoms with Crippen molar-refractivity contribution in [3.05, 3.63) is 35.9 Å². The summed E-state index contributed by atoms with van der Waals surface area (Å²) in [5.74, 6) is -8.19. The van der Waals surface area contributed by atoms with Gasteiger partial charge in [-0.3, -0.25) is 43.2 Å². The van der Waals surface area contributed by atoms with E-state index in [9.17, 15) is 48.3 Å². The molecule has 1 aliphatic heterocycles. The summed E-state index contributed by atoms with van der Waals surface area (Å²) in [6.45, 7) is 9.24. The monoisotopic (exact) mass is 1040 g/mol. The van der Waals surface area contributed by atoms with Gasteiger partial charge in [-0.05, 0) is 94.9 Å². The summed E-state index contributed by atoms with van der Waals surface area (Å²) in [4.78, 5) is 127. The van der Waals surface area contributed by atoms with Gasteiger partial charge in [0.15, 0.2) is 11.6 Å². The third kappa shape index (κ3) is 24.8. The van der Waals surface area contributed by atoms with E-state index in [-0.39, 0.29) is 109 Å². The number of nitrogens with two attached hydrogens (primary N) is 4. The average molecular weight is 1040 g/mol. The second kappa shape index (κ2) is 35.8. The van der Waals surface area contributed by atoms with Crippen molar-refractivity contribution in [2.45, 2.75) is 186 Å². The molecule has 9 atom stereocenters. The highest BCUT2D eigenvalue weighted by Gasteiger charge is 2.36. The third-order valence-corrected chi connectivity index (χ3v) is 13.0. The van der Waals surface area contributed by atoms with Gasteiger partial charge < -0.3 is 65.3 Å². The van der Waals surface area contributed by atoms with Crippen LogP contribution in [0.1, 0.15) is 143 Å². The van der Waals surface area contributed by atoms with Crippen molar-refractivity contribution in [3.8, 4) is 0 Å². The van der Waals surface area contributed by atoms with Crippen molar-refractivity contribution >= 4 is 52.9 Å². The molecule has 0 unspecified atom stereocenters. The predicted octanol–water partition coefficient (Wildman–Crippen LogP) is 0.407. The molecule has 0 bridgehead atoms. The van der Waals surface area contributed by atoms with Crippen LogP contribution in [0.25, 0.3) is 0 Å². The van der Waals surface area contributed by atoms with Gasteiger partial charge in [0.05, 0.1) is 24.6 Å². The van der Waals surface area contributed by atoms with Crippen LogP contribution in [0.4, 0.5) is 0 Å². The van der Waals surface area contributed by atoms with Crippen LogP contribution >= 0.6 is 0 Å². The van der Waals surface area contributed by atoms with Crippen molar-refractivity contribution in [1.82, 2.24) is 37.2 Å². The van der Waals surface area contributed by atoms with Gasteiger partial charge in [0.1, 0.15) is 24.2 Å². The molecule has 0 aliphatic carbocycles. The molecule has 1 saturated heterocycles. The normalized spacial score (nSPS) is 23.2. The number of benzene rings is 1. The van der Waals surface area contributed by atoms with E-state index in [0.717, 1.165) is 32.1 Å². The molecular weight excluding hydrogens is 951 g/mol. The Morgan fingerprint density at radius 1 is 0.622 bits per heavy atom. The van der Waals surface area contributed by atoms with E-state index >= 15 is 0 Å². The fraction of sp³-hybridized carbons (Fsp3) is 0.717. The van der Waals surface area contributed by atoms with Crippen LogP contribution < -0.4 is 60.2 Å². The number of aliphatic hydroxyl groups excluding tert-OH is 1. The van der Waals surface area contributed by atoms with Crippen molar-refractivity contribution in [2.24, 2.45) is 46.6 Å². The number of ketones is 2. The van der Waals surface area contributed by atoms with Crippen molar-refractivity contribution in [3.63, 3.8) is 0 Å². The number of carbonyl (C=O) groups excluding carboxylic acids is 9. The fourth-order valence-electron chi connectivity index (χ4n) is 8.98. The lowest BCUT2D eigenvalue weighted by molar-refractivity contribution is -0.136. The van der Waals surface area contributed by atoms with Gasteiger partial charge in [-0.25, -0.2) is 0 Å². The van der Waals surface area contributed by atoms with Gasteiger partial charge in [-0.15, -0.1) is 0 Å². The molecule has 1 aromatic carbocycles. The molecule has 7 amide bonds. The Morgan fingerprint density at radius 3 is 1.72 bits per heavy atom. The molecule has 1 aromatic rings. The molecule has 21 heteroatoms. The number of aliphatic hydroxyl groups is 1. The third-order valence-electron chi connectivity index (χ3n) is 13.0. The second-order valence-corrected chi connectivity index (χ2v) is 20.6. The first-order chi connectivity index (χ1) is 35.3. The quantitative estimate of drug-likeness (QED) is 0.0560. The minimum absolute atomic E-state index is 0.00183. The summed E-state index contributed by atoms with van der Waals surface area (Å²) in [6, 6.07) is 1.65. The number of carbonyl (C=O) groups is 9. The molecule has 2 rings (SSSR count). The lowest BCUT2D eigenvalue weighted by Crippen LogP contribution is -2.59. The zero-order valence-electron chi connectivity index (χ0n) is 44.7. The van der Waals surface area contributed by atoms with Crippen LogP contribution in [0.3, 0.4) is 0 Å². The number of amides is 7. The smallest absolute Gasteiger partial charge is 0.243 e. The number of rotatable bonds is 26. The van der Waals surface area contributed by atoms with Crippen LogP contribution in [0, 0.1) is 23.7 Å². The standard InChI is InChI=1S/C53H91N11O10/c1-6-7-8-9-13-16-38(65)32-47(68)59-39(17-22-54)45(66)30-36-21-26-58-50(71)43(28-34(4)5)64-52(73)42(20-25-57)61-51(72)41(19-24-56)62-53(74)44(29-35-14-11-10-12-15-35)63-49(70)37(27-33(2)3)31-46(67)40(18-23-55)60-48(36)69/h10-12,14-15,33-34,36-44,65H,6-9,13,16-32,54-57H2,1-5H3,(H,58,71)(H,59,68)(H,60,69)(H,61,72)(H,62,74)(H,63,70)(H,64,73)/t36-,37-,38-,39-,40+,41+,42+,43+,44-/m1/s1. The van der Waals surface area contributed by atoms with Gasteiger partial charge in [-0.1, -0.05) is 97.1 Å². The Bertz CT molecular complexity index is 1920. The molecule has 418 valence electrons. The summed E-state index contributed by atoms with van der Waals surface area (Å²) in [5, 5.41) is 29.8.